The molecule has 1 aliphatic heterocycles. The van der Waals surface area contributed by atoms with Gasteiger partial charge in [-0.1, -0.05) is 25.1 Å². The maximum atomic E-state index is 12.7. The topological polar surface area (TPSA) is 80.5 Å². The molecule has 6 nitrogen and oxygen atoms in total. The predicted octanol–water partition coefficient (Wildman–Crippen LogP) is 4.50. The Bertz CT molecular complexity index is 1160. The molecule has 0 radical (unpaired) electrons. The molecule has 1 aromatic heterocycles. The Hall–Kier alpha value is -2.93. The molecule has 2 aromatic carbocycles. The minimum Gasteiger partial charge on any atom is -0.441 e. The highest BCUT2D eigenvalue weighted by Gasteiger charge is 2.23. The van der Waals surface area contributed by atoms with Crippen LogP contribution in [0.1, 0.15) is 41.6 Å². The Kier molecular flexibility index (Phi) is 5.96. The molecule has 4 rings (SSSR count). The number of aryl methyl sites for hydroxylation is 1. The third kappa shape index (κ3) is 4.71. The van der Waals surface area contributed by atoms with Crippen LogP contribution in [0.3, 0.4) is 0 Å². The van der Waals surface area contributed by atoms with Crippen LogP contribution in [-0.2, 0) is 15.6 Å². The zero-order valence-electron chi connectivity index (χ0n) is 17.7. The fourth-order valence-corrected chi connectivity index (χ4v) is 5.09. The van der Waals surface area contributed by atoms with E-state index in [1.165, 1.54) is 0 Å². The SMILES string of the molecule is Cc1oc(-c2ccc(C(=O)N3CCC(C)CC3)cc2)nc1CS(=O)(=O)c1ccccc1. The summed E-state index contributed by atoms with van der Waals surface area (Å²) in [5.41, 5.74) is 1.73. The summed E-state index contributed by atoms with van der Waals surface area (Å²) in [5.74, 6) is 1.30. The first kappa shape index (κ1) is 21.3. The van der Waals surface area contributed by atoms with Crippen molar-refractivity contribution in [1.29, 1.82) is 0 Å². The van der Waals surface area contributed by atoms with Crippen molar-refractivity contribution in [2.45, 2.75) is 37.3 Å². The molecule has 1 fully saturated rings. The van der Waals surface area contributed by atoms with E-state index in [2.05, 4.69) is 11.9 Å². The van der Waals surface area contributed by atoms with Gasteiger partial charge in [-0.3, -0.25) is 4.79 Å². The lowest BCUT2D eigenvalue weighted by Crippen LogP contribution is -2.37. The molecular weight excluding hydrogens is 412 g/mol. The van der Waals surface area contributed by atoms with E-state index in [-0.39, 0.29) is 16.6 Å². The van der Waals surface area contributed by atoms with Gasteiger partial charge < -0.3 is 9.32 Å². The van der Waals surface area contributed by atoms with Crippen LogP contribution in [0, 0.1) is 12.8 Å². The van der Waals surface area contributed by atoms with Crippen LogP contribution in [0.25, 0.3) is 11.5 Å². The van der Waals surface area contributed by atoms with E-state index in [1.807, 2.05) is 4.90 Å². The van der Waals surface area contributed by atoms with E-state index in [0.717, 1.165) is 25.9 Å². The molecule has 0 unspecified atom stereocenters. The molecule has 2 heterocycles. The number of carbonyl (C=O) groups excluding carboxylic acids is 1. The molecule has 0 N–H and O–H groups in total. The average Bonchev–Trinajstić information content (AvgIpc) is 3.14. The highest BCUT2D eigenvalue weighted by Crippen LogP contribution is 2.26. The summed E-state index contributed by atoms with van der Waals surface area (Å²) < 4.78 is 31.1. The first-order valence-electron chi connectivity index (χ1n) is 10.5. The van der Waals surface area contributed by atoms with Crippen LogP contribution in [0.2, 0.25) is 0 Å². The summed E-state index contributed by atoms with van der Waals surface area (Å²) in [4.78, 5) is 19.3. The minimum atomic E-state index is -3.51. The number of benzene rings is 2. The van der Waals surface area contributed by atoms with Crippen molar-refractivity contribution in [1.82, 2.24) is 9.88 Å². The highest BCUT2D eigenvalue weighted by atomic mass is 32.2. The van der Waals surface area contributed by atoms with Crippen molar-refractivity contribution in [3.8, 4) is 11.5 Å². The van der Waals surface area contributed by atoms with Gasteiger partial charge in [0.2, 0.25) is 5.89 Å². The molecule has 1 saturated heterocycles. The summed E-state index contributed by atoms with van der Waals surface area (Å²) in [6, 6.07) is 15.4. The van der Waals surface area contributed by atoms with Gasteiger partial charge in [0.15, 0.2) is 9.84 Å². The third-order valence-electron chi connectivity index (χ3n) is 5.77. The number of piperidine rings is 1. The number of rotatable bonds is 5. The smallest absolute Gasteiger partial charge is 0.253 e. The van der Waals surface area contributed by atoms with Crippen LogP contribution in [0.4, 0.5) is 0 Å². The zero-order valence-corrected chi connectivity index (χ0v) is 18.6. The quantitative estimate of drug-likeness (QED) is 0.586. The van der Waals surface area contributed by atoms with E-state index in [0.29, 0.717) is 34.4 Å². The van der Waals surface area contributed by atoms with Gasteiger partial charge in [0, 0.05) is 24.2 Å². The minimum absolute atomic E-state index is 0.0386. The number of nitrogens with zero attached hydrogens (tertiary/aromatic N) is 2. The standard InChI is InChI=1S/C24H26N2O4S/c1-17-12-14-26(15-13-17)24(27)20-10-8-19(9-11-20)23-25-22(18(2)30-23)16-31(28,29)21-6-4-3-5-7-21/h3-11,17H,12-16H2,1-2H3. The fourth-order valence-electron chi connectivity index (χ4n) is 3.73. The van der Waals surface area contributed by atoms with Gasteiger partial charge in [0.05, 0.1) is 10.6 Å². The monoisotopic (exact) mass is 438 g/mol. The average molecular weight is 439 g/mol. The molecule has 162 valence electrons. The van der Waals surface area contributed by atoms with E-state index < -0.39 is 9.84 Å². The number of aromatic nitrogens is 1. The Morgan fingerprint density at radius 1 is 1.06 bits per heavy atom. The second-order valence-corrected chi connectivity index (χ2v) is 10.1. The molecule has 7 heteroatoms. The first-order chi connectivity index (χ1) is 14.8. The summed E-state index contributed by atoms with van der Waals surface area (Å²) in [5, 5.41) is 0. The van der Waals surface area contributed by atoms with E-state index in [1.54, 1.807) is 61.5 Å². The number of likely N-dealkylation sites (tertiary alicyclic amines) is 1. The lowest BCUT2D eigenvalue weighted by atomic mass is 9.98. The van der Waals surface area contributed by atoms with Crippen LogP contribution in [-0.4, -0.2) is 37.3 Å². The van der Waals surface area contributed by atoms with Gasteiger partial charge in [-0.15, -0.1) is 0 Å². The molecule has 1 amide bonds. The Morgan fingerprint density at radius 3 is 2.35 bits per heavy atom. The van der Waals surface area contributed by atoms with E-state index in [4.69, 9.17) is 4.42 Å². The van der Waals surface area contributed by atoms with Crippen molar-refractivity contribution in [3.05, 3.63) is 71.6 Å². The van der Waals surface area contributed by atoms with Crippen LogP contribution in [0.15, 0.2) is 63.9 Å². The molecule has 0 saturated carbocycles. The lowest BCUT2D eigenvalue weighted by Gasteiger charge is -2.30. The van der Waals surface area contributed by atoms with Crippen LogP contribution >= 0.6 is 0 Å². The second kappa shape index (κ2) is 8.67. The van der Waals surface area contributed by atoms with Gasteiger partial charge in [-0.25, -0.2) is 13.4 Å². The number of hydrogen-bond acceptors (Lipinski definition) is 5. The van der Waals surface area contributed by atoms with Crippen molar-refractivity contribution in [2.75, 3.05) is 13.1 Å². The maximum absolute atomic E-state index is 12.7. The second-order valence-electron chi connectivity index (χ2n) is 8.15. The van der Waals surface area contributed by atoms with Crippen molar-refractivity contribution in [3.63, 3.8) is 0 Å². The summed E-state index contributed by atoms with van der Waals surface area (Å²) >= 11 is 0. The zero-order chi connectivity index (χ0) is 22.0. The Labute approximate surface area is 182 Å². The molecule has 0 aliphatic carbocycles. The fraction of sp³-hybridized carbons (Fsp3) is 0.333. The molecular formula is C24H26N2O4S. The first-order valence-corrected chi connectivity index (χ1v) is 12.1. The molecule has 0 bridgehead atoms. The number of carbonyl (C=O) groups is 1. The number of amides is 1. The van der Waals surface area contributed by atoms with Crippen molar-refractivity contribution >= 4 is 15.7 Å². The Balaban J connectivity index is 1.50. The number of oxazole rings is 1. The van der Waals surface area contributed by atoms with Crippen LogP contribution in [0.5, 0.6) is 0 Å². The molecule has 0 spiro atoms. The van der Waals surface area contributed by atoms with Crippen LogP contribution < -0.4 is 0 Å². The summed E-state index contributed by atoms with van der Waals surface area (Å²) in [6.07, 6.45) is 2.07. The number of hydrogen-bond donors (Lipinski definition) is 0. The third-order valence-corrected chi connectivity index (χ3v) is 7.42. The van der Waals surface area contributed by atoms with Gasteiger partial charge in [-0.2, -0.15) is 0 Å². The van der Waals surface area contributed by atoms with Gasteiger partial charge in [0.1, 0.15) is 11.5 Å². The van der Waals surface area contributed by atoms with Crippen molar-refractivity contribution < 1.29 is 17.6 Å². The summed E-state index contributed by atoms with van der Waals surface area (Å²) in [7, 11) is -3.51. The van der Waals surface area contributed by atoms with E-state index in [9.17, 15) is 13.2 Å². The summed E-state index contributed by atoms with van der Waals surface area (Å²) in [6.45, 7) is 5.51. The molecule has 1 aliphatic rings. The number of sulfone groups is 1. The van der Waals surface area contributed by atoms with E-state index >= 15 is 0 Å². The molecule has 3 aromatic rings. The largest absolute Gasteiger partial charge is 0.441 e. The van der Waals surface area contributed by atoms with Gasteiger partial charge in [-0.05, 0) is 62.1 Å². The normalized spacial score (nSPS) is 15.2. The molecule has 31 heavy (non-hydrogen) atoms. The van der Waals surface area contributed by atoms with Gasteiger partial charge >= 0.3 is 0 Å². The van der Waals surface area contributed by atoms with Gasteiger partial charge in [0.25, 0.3) is 5.91 Å². The highest BCUT2D eigenvalue weighted by molar-refractivity contribution is 7.90. The lowest BCUT2D eigenvalue weighted by molar-refractivity contribution is 0.0697. The maximum Gasteiger partial charge on any atom is 0.253 e. The Morgan fingerprint density at radius 2 is 1.71 bits per heavy atom. The predicted molar refractivity (Wildman–Crippen MR) is 118 cm³/mol. The molecule has 0 atom stereocenters. The van der Waals surface area contributed by atoms with Crippen molar-refractivity contribution in [2.24, 2.45) is 5.92 Å².